The summed E-state index contributed by atoms with van der Waals surface area (Å²) in [5.41, 5.74) is 1.75. The molecule has 18 heavy (non-hydrogen) atoms. The topological polar surface area (TPSA) is 24.9 Å². The van der Waals surface area contributed by atoms with Crippen LogP contribution in [0.1, 0.15) is 38.8 Å². The summed E-state index contributed by atoms with van der Waals surface area (Å²) < 4.78 is 0. The van der Waals surface area contributed by atoms with Crippen molar-refractivity contribution in [2.75, 3.05) is 13.6 Å². The number of rotatable bonds is 4. The van der Waals surface area contributed by atoms with Gasteiger partial charge in [-0.1, -0.05) is 19.9 Å². The van der Waals surface area contributed by atoms with Gasteiger partial charge in [0.1, 0.15) is 0 Å². The van der Waals surface area contributed by atoms with Crippen molar-refractivity contribution in [2.45, 2.75) is 39.5 Å². The lowest BCUT2D eigenvalue weighted by atomic mass is 9.66. The first-order chi connectivity index (χ1) is 8.61. The van der Waals surface area contributed by atoms with Crippen LogP contribution >= 0.6 is 0 Å². The first-order valence-electron chi connectivity index (χ1n) is 7.15. The molecule has 0 aliphatic heterocycles. The normalized spacial score (nSPS) is 27.1. The molecule has 1 saturated carbocycles. The molecule has 2 heteroatoms. The molecule has 2 atom stereocenters. The van der Waals surface area contributed by atoms with Crippen molar-refractivity contribution in [1.82, 2.24) is 10.3 Å². The van der Waals surface area contributed by atoms with E-state index in [4.69, 9.17) is 0 Å². The summed E-state index contributed by atoms with van der Waals surface area (Å²) in [6.45, 7) is 5.97. The predicted molar refractivity (Wildman–Crippen MR) is 76.5 cm³/mol. The van der Waals surface area contributed by atoms with E-state index in [0.29, 0.717) is 5.41 Å². The Hall–Kier alpha value is -0.890. The number of pyridine rings is 1. The summed E-state index contributed by atoms with van der Waals surface area (Å²) in [4.78, 5) is 4.49. The monoisotopic (exact) mass is 246 g/mol. The van der Waals surface area contributed by atoms with E-state index in [1.54, 1.807) is 0 Å². The Bertz CT molecular complexity index is 359. The second-order valence-corrected chi connectivity index (χ2v) is 6.51. The molecular formula is C16H26N2. The fourth-order valence-corrected chi connectivity index (χ4v) is 3.35. The van der Waals surface area contributed by atoms with Gasteiger partial charge in [-0.2, -0.15) is 0 Å². The minimum absolute atomic E-state index is 0.504. The van der Waals surface area contributed by atoms with Gasteiger partial charge in [-0.3, -0.25) is 4.98 Å². The van der Waals surface area contributed by atoms with Crippen molar-refractivity contribution >= 4 is 0 Å². The van der Waals surface area contributed by atoms with Gasteiger partial charge in [0.2, 0.25) is 0 Å². The van der Waals surface area contributed by atoms with E-state index in [0.717, 1.165) is 24.8 Å². The second kappa shape index (κ2) is 5.83. The Morgan fingerprint density at radius 1 is 1.33 bits per heavy atom. The van der Waals surface area contributed by atoms with Crippen LogP contribution in [0.15, 0.2) is 24.4 Å². The third-order valence-electron chi connectivity index (χ3n) is 4.34. The highest BCUT2D eigenvalue weighted by molar-refractivity contribution is 5.05. The van der Waals surface area contributed by atoms with Gasteiger partial charge in [0.25, 0.3) is 0 Å². The maximum Gasteiger partial charge on any atom is 0.0406 e. The van der Waals surface area contributed by atoms with Crippen LogP contribution < -0.4 is 5.32 Å². The molecule has 0 bridgehead atoms. The molecule has 0 spiro atoms. The number of aromatic nitrogens is 1. The maximum absolute atomic E-state index is 4.49. The maximum atomic E-state index is 4.49. The van der Waals surface area contributed by atoms with Crippen molar-refractivity contribution in [3.8, 4) is 0 Å². The Labute approximate surface area is 111 Å². The van der Waals surface area contributed by atoms with E-state index in [2.05, 4.69) is 43.3 Å². The molecule has 1 aliphatic carbocycles. The van der Waals surface area contributed by atoms with Crippen molar-refractivity contribution in [2.24, 2.45) is 17.3 Å². The molecule has 0 radical (unpaired) electrons. The van der Waals surface area contributed by atoms with Gasteiger partial charge in [-0.05, 0) is 68.7 Å². The van der Waals surface area contributed by atoms with Crippen molar-refractivity contribution < 1.29 is 0 Å². The Morgan fingerprint density at radius 2 is 2.17 bits per heavy atom. The number of hydrogen-bond donors (Lipinski definition) is 1. The summed E-state index contributed by atoms with van der Waals surface area (Å²) in [5, 5.41) is 3.36. The highest BCUT2D eigenvalue weighted by atomic mass is 14.8. The number of nitrogens with zero attached hydrogens (tertiary/aromatic N) is 1. The largest absolute Gasteiger partial charge is 0.319 e. The molecule has 1 heterocycles. The van der Waals surface area contributed by atoms with Crippen molar-refractivity contribution in [1.29, 1.82) is 0 Å². The molecule has 1 aromatic heterocycles. The lowest BCUT2D eigenvalue weighted by Crippen LogP contribution is -2.36. The summed E-state index contributed by atoms with van der Waals surface area (Å²) >= 11 is 0. The van der Waals surface area contributed by atoms with Crippen LogP contribution in [0.4, 0.5) is 0 Å². The fourth-order valence-electron chi connectivity index (χ4n) is 3.35. The molecule has 0 amide bonds. The van der Waals surface area contributed by atoms with Crippen LogP contribution in [0, 0.1) is 17.3 Å². The van der Waals surface area contributed by atoms with Crippen LogP contribution in [0.3, 0.4) is 0 Å². The van der Waals surface area contributed by atoms with E-state index < -0.39 is 0 Å². The lowest BCUT2D eigenvalue weighted by Gasteiger charge is -2.41. The summed E-state index contributed by atoms with van der Waals surface area (Å²) in [6, 6.07) is 6.26. The van der Waals surface area contributed by atoms with E-state index in [1.807, 2.05) is 12.3 Å². The van der Waals surface area contributed by atoms with Gasteiger partial charge < -0.3 is 5.32 Å². The standard InChI is InChI=1S/C16H26N2/c1-16(2)8-7-13(12-17-3)14(11-16)10-15-6-4-5-9-18-15/h4-6,9,13-14,17H,7-8,10-12H2,1-3H3. The Kier molecular flexibility index (Phi) is 4.39. The van der Waals surface area contributed by atoms with E-state index in [9.17, 15) is 0 Å². The summed E-state index contributed by atoms with van der Waals surface area (Å²) in [5.74, 6) is 1.58. The molecule has 2 rings (SSSR count). The third-order valence-corrected chi connectivity index (χ3v) is 4.34. The average Bonchev–Trinajstić information content (AvgIpc) is 2.34. The van der Waals surface area contributed by atoms with Crippen LogP contribution in [-0.2, 0) is 6.42 Å². The molecule has 1 fully saturated rings. The van der Waals surface area contributed by atoms with Crippen LogP contribution in [0.5, 0.6) is 0 Å². The first-order valence-corrected chi connectivity index (χ1v) is 7.15. The number of hydrogen-bond acceptors (Lipinski definition) is 2. The van der Waals surface area contributed by atoms with Gasteiger partial charge in [0, 0.05) is 11.9 Å². The zero-order valence-electron chi connectivity index (χ0n) is 11.9. The van der Waals surface area contributed by atoms with Crippen LogP contribution in [0.25, 0.3) is 0 Å². The molecule has 0 aromatic carbocycles. The zero-order valence-corrected chi connectivity index (χ0v) is 11.9. The molecular weight excluding hydrogens is 220 g/mol. The van der Waals surface area contributed by atoms with E-state index >= 15 is 0 Å². The Balaban J connectivity index is 2.05. The quantitative estimate of drug-likeness (QED) is 0.882. The van der Waals surface area contributed by atoms with Crippen molar-refractivity contribution in [3.63, 3.8) is 0 Å². The van der Waals surface area contributed by atoms with Gasteiger partial charge in [-0.15, -0.1) is 0 Å². The molecule has 1 aliphatic rings. The summed E-state index contributed by atoms with van der Waals surface area (Å²) in [7, 11) is 2.07. The fraction of sp³-hybridized carbons (Fsp3) is 0.688. The molecule has 2 nitrogen and oxygen atoms in total. The van der Waals surface area contributed by atoms with Gasteiger partial charge in [0.05, 0.1) is 0 Å². The predicted octanol–water partition coefficient (Wildman–Crippen LogP) is 3.29. The minimum atomic E-state index is 0.504. The smallest absolute Gasteiger partial charge is 0.0406 e. The third kappa shape index (κ3) is 3.55. The summed E-state index contributed by atoms with van der Waals surface area (Å²) in [6.07, 6.45) is 7.09. The molecule has 1 N–H and O–H groups in total. The van der Waals surface area contributed by atoms with Gasteiger partial charge >= 0.3 is 0 Å². The second-order valence-electron chi connectivity index (χ2n) is 6.51. The SMILES string of the molecule is CNCC1CCC(C)(C)CC1Cc1ccccn1. The minimum Gasteiger partial charge on any atom is -0.319 e. The molecule has 1 aromatic rings. The van der Waals surface area contributed by atoms with Crippen LogP contribution in [-0.4, -0.2) is 18.6 Å². The van der Waals surface area contributed by atoms with Crippen LogP contribution in [0.2, 0.25) is 0 Å². The highest BCUT2D eigenvalue weighted by Crippen LogP contribution is 2.42. The Morgan fingerprint density at radius 3 is 2.83 bits per heavy atom. The van der Waals surface area contributed by atoms with E-state index in [-0.39, 0.29) is 0 Å². The van der Waals surface area contributed by atoms with E-state index in [1.165, 1.54) is 25.0 Å². The lowest BCUT2D eigenvalue weighted by molar-refractivity contribution is 0.116. The zero-order chi connectivity index (χ0) is 13.0. The van der Waals surface area contributed by atoms with Gasteiger partial charge in [0.15, 0.2) is 0 Å². The highest BCUT2D eigenvalue weighted by Gasteiger charge is 2.34. The molecule has 0 saturated heterocycles. The molecule has 100 valence electrons. The molecule has 2 unspecified atom stereocenters. The van der Waals surface area contributed by atoms with Gasteiger partial charge in [-0.25, -0.2) is 0 Å². The number of nitrogens with one attached hydrogen (secondary N) is 1. The first kappa shape index (κ1) is 13.5. The van der Waals surface area contributed by atoms with Crippen molar-refractivity contribution in [3.05, 3.63) is 30.1 Å². The average molecular weight is 246 g/mol.